The Hall–Kier alpha value is -5.35. The van der Waals surface area contributed by atoms with Gasteiger partial charge in [0, 0.05) is 12.8 Å². The van der Waals surface area contributed by atoms with Crippen LogP contribution in [0.15, 0.2) is 170 Å². The molecule has 0 fully saturated rings. The number of hydrogen-bond acceptors (Lipinski definition) is 7. The molecule has 0 amide bonds. The number of rotatable bonds is 69. The van der Waals surface area contributed by atoms with Gasteiger partial charge in [-0.25, -0.2) is 4.79 Å². The van der Waals surface area contributed by atoms with Gasteiger partial charge < -0.3 is 28.5 Å². The van der Waals surface area contributed by atoms with E-state index in [9.17, 15) is 19.5 Å². The summed E-state index contributed by atoms with van der Waals surface area (Å²) in [5.41, 5.74) is 0. The molecule has 0 aromatic heterocycles. The maximum Gasteiger partial charge on any atom is 0.361 e. The summed E-state index contributed by atoms with van der Waals surface area (Å²) < 4.78 is 23.0. The molecule has 0 radical (unpaired) electrons. The van der Waals surface area contributed by atoms with Crippen molar-refractivity contribution in [1.29, 1.82) is 0 Å². The van der Waals surface area contributed by atoms with Crippen LogP contribution in [0.3, 0.4) is 0 Å². The van der Waals surface area contributed by atoms with E-state index in [2.05, 4.69) is 184 Å². The number of quaternary nitrogens is 1. The number of carboxylic acid groups (broad SMARTS) is 1. The van der Waals surface area contributed by atoms with Gasteiger partial charge in [-0.15, -0.1) is 0 Å². The summed E-state index contributed by atoms with van der Waals surface area (Å²) in [5.74, 6) is -2.04. The predicted molar refractivity (Wildman–Crippen MR) is 410 cm³/mol. The first-order valence-electron chi connectivity index (χ1n) is 38.3. The Bertz CT molecular complexity index is 2170. The Labute approximate surface area is 584 Å². The van der Waals surface area contributed by atoms with Crippen molar-refractivity contribution in [3.63, 3.8) is 0 Å². The number of hydrogen-bond donors (Lipinski definition) is 1. The third kappa shape index (κ3) is 75.9. The highest BCUT2D eigenvalue weighted by Gasteiger charge is 2.25. The molecule has 2 atom stereocenters. The third-order valence-corrected chi connectivity index (χ3v) is 16.0. The summed E-state index contributed by atoms with van der Waals surface area (Å²) in [5, 5.41) is 9.76. The first-order chi connectivity index (χ1) is 46.6. The molecule has 0 aliphatic rings. The topological polar surface area (TPSA) is 108 Å². The summed E-state index contributed by atoms with van der Waals surface area (Å²) in [6.45, 7) is 4.73. The van der Waals surface area contributed by atoms with Crippen LogP contribution in [0.1, 0.15) is 296 Å². The number of ether oxygens (including phenoxy) is 4. The van der Waals surface area contributed by atoms with Gasteiger partial charge in [0.2, 0.25) is 0 Å². The fourth-order valence-corrected chi connectivity index (χ4v) is 10.1. The molecule has 538 valence electrons. The van der Waals surface area contributed by atoms with Crippen LogP contribution in [-0.2, 0) is 33.3 Å². The lowest BCUT2D eigenvalue weighted by Gasteiger charge is -2.25. The van der Waals surface area contributed by atoms with E-state index in [0.29, 0.717) is 17.4 Å². The van der Waals surface area contributed by atoms with Crippen LogP contribution >= 0.6 is 0 Å². The van der Waals surface area contributed by atoms with Gasteiger partial charge in [-0.05, 0) is 135 Å². The molecular formula is C86H142NO8+. The number of carbonyl (C=O) groups excluding carboxylic acids is 2. The minimum atomic E-state index is -1.53. The fraction of sp³-hybridized carbons (Fsp3) is 0.640. The summed E-state index contributed by atoms with van der Waals surface area (Å²) in [4.78, 5) is 37.7. The number of esters is 2. The van der Waals surface area contributed by atoms with Crippen LogP contribution < -0.4 is 0 Å². The number of carboxylic acids is 1. The number of nitrogens with zero attached hydrogens (tertiary/aromatic N) is 1. The Morgan fingerprint density at radius 3 is 0.895 bits per heavy atom. The predicted octanol–water partition coefficient (Wildman–Crippen LogP) is 24.6. The highest BCUT2D eigenvalue weighted by Crippen LogP contribution is 2.17. The van der Waals surface area contributed by atoms with E-state index in [1.165, 1.54) is 128 Å². The monoisotopic (exact) mass is 1320 g/mol. The fourth-order valence-electron chi connectivity index (χ4n) is 10.1. The molecule has 9 heteroatoms. The summed E-state index contributed by atoms with van der Waals surface area (Å²) >= 11 is 0. The molecule has 0 aromatic rings. The van der Waals surface area contributed by atoms with Gasteiger partial charge in [0.05, 0.1) is 34.4 Å². The van der Waals surface area contributed by atoms with Crippen molar-refractivity contribution in [3.05, 3.63) is 170 Å². The Balaban J connectivity index is 4.18. The first-order valence-corrected chi connectivity index (χ1v) is 38.3. The lowest BCUT2D eigenvalue weighted by atomic mass is 10.0. The van der Waals surface area contributed by atoms with Crippen molar-refractivity contribution in [3.8, 4) is 0 Å². The molecule has 0 aliphatic carbocycles. The van der Waals surface area contributed by atoms with Gasteiger partial charge >= 0.3 is 17.9 Å². The molecule has 9 nitrogen and oxygen atoms in total. The normalized spacial score (nSPS) is 13.7. The molecule has 0 saturated carbocycles. The molecule has 1 N–H and O–H groups in total. The number of carbonyl (C=O) groups is 3. The summed E-state index contributed by atoms with van der Waals surface area (Å²) in [6, 6.07) is 0. The number of allylic oxidation sites excluding steroid dienone is 28. The second kappa shape index (κ2) is 74.4. The average molecular weight is 1320 g/mol. The van der Waals surface area contributed by atoms with E-state index in [0.717, 1.165) is 135 Å². The van der Waals surface area contributed by atoms with Crippen molar-refractivity contribution < 1.29 is 42.9 Å². The van der Waals surface area contributed by atoms with Crippen LogP contribution in [0, 0.1) is 0 Å². The van der Waals surface area contributed by atoms with Crippen LogP contribution in [0.5, 0.6) is 0 Å². The molecule has 0 aromatic carbocycles. The lowest BCUT2D eigenvalue weighted by molar-refractivity contribution is -0.870. The zero-order valence-electron chi connectivity index (χ0n) is 61.5. The standard InChI is InChI=1S/C86H141NO8/c1-6-8-10-12-14-16-18-20-22-24-26-28-30-32-34-36-38-39-40-41-42-43-44-45-47-49-51-53-55-57-59-61-63-65-67-69-71-73-75-77-84(89)95-82(81-94-86(85(90)91)92-79-78-87(3,4)5)80-93-83(88)76-74-72-70-68-66-64-62-60-58-56-54-52-50-48-46-37-35-33-31-29-27-25-23-21-19-17-15-13-11-9-7-2/h8,10,14,16,19-22,25-28,31-34,38-39,41-42,44-45,49,51,55,57,61,63,82,86H,6-7,9,11-13,15,17-18,23-24,29-30,35-37,40,43,46-48,50,52-54,56,58-60,62,64-81H2,1-5H3/p+1/b10-8-,16-14-,21-19-,22-20-,27-25-,28-26-,33-31-,34-32-,39-38-,42-41-,45-44-,51-49-,57-55-,63-61-. The van der Waals surface area contributed by atoms with Crippen molar-refractivity contribution >= 4 is 17.9 Å². The average Bonchev–Trinajstić information content (AvgIpc) is 2.92. The zero-order valence-corrected chi connectivity index (χ0v) is 61.5. The lowest BCUT2D eigenvalue weighted by Crippen LogP contribution is -2.40. The van der Waals surface area contributed by atoms with E-state index < -0.39 is 24.3 Å². The third-order valence-electron chi connectivity index (χ3n) is 16.0. The van der Waals surface area contributed by atoms with Gasteiger partial charge in [-0.2, -0.15) is 0 Å². The van der Waals surface area contributed by atoms with E-state index in [1.54, 1.807) is 0 Å². The van der Waals surface area contributed by atoms with E-state index in [4.69, 9.17) is 18.9 Å². The summed E-state index contributed by atoms with van der Waals surface area (Å²) in [7, 11) is 5.96. The van der Waals surface area contributed by atoms with Crippen molar-refractivity contribution in [1.82, 2.24) is 0 Å². The van der Waals surface area contributed by atoms with Gasteiger partial charge in [0.15, 0.2) is 6.10 Å². The molecule has 95 heavy (non-hydrogen) atoms. The Morgan fingerprint density at radius 2 is 0.600 bits per heavy atom. The van der Waals surface area contributed by atoms with Gasteiger partial charge in [-0.1, -0.05) is 319 Å². The molecule has 0 bridgehead atoms. The SMILES string of the molecule is CC/C=C\C/C=C\C/C=C\C/C=C\C/C=C\C/C=C\C/C=C\C/C=C\C/C=C\C/C=C\C/C=C\CCCCCCCC(=O)OC(COC(=O)CCCCCCCCCCCCCCCCCC/C=C\C/C=C\C/C=C\CCCCCCC)COC(OCC[N+](C)(C)C)C(=O)O. The highest BCUT2D eigenvalue weighted by molar-refractivity contribution is 5.71. The van der Waals surface area contributed by atoms with Crippen LogP contribution in [-0.4, -0.2) is 87.4 Å². The van der Waals surface area contributed by atoms with Crippen molar-refractivity contribution in [2.24, 2.45) is 0 Å². The van der Waals surface area contributed by atoms with Crippen LogP contribution in [0.2, 0.25) is 0 Å². The van der Waals surface area contributed by atoms with Gasteiger partial charge in [0.25, 0.3) is 6.29 Å². The van der Waals surface area contributed by atoms with Gasteiger partial charge in [0.1, 0.15) is 13.2 Å². The maximum atomic E-state index is 13.0. The molecule has 0 rings (SSSR count). The highest BCUT2D eigenvalue weighted by atomic mass is 16.7. The molecule has 0 heterocycles. The number of unbranched alkanes of at least 4 members (excludes halogenated alkanes) is 26. The molecule has 0 saturated heterocycles. The van der Waals surface area contributed by atoms with E-state index in [1.807, 2.05) is 21.1 Å². The van der Waals surface area contributed by atoms with E-state index >= 15 is 0 Å². The minimum absolute atomic E-state index is 0.176. The Kier molecular flexibility index (Phi) is 70.2. The second-order valence-corrected chi connectivity index (χ2v) is 26.2. The smallest absolute Gasteiger partial charge is 0.361 e. The first kappa shape index (κ1) is 89.6. The quantitative estimate of drug-likeness (QED) is 0.0211. The number of aliphatic carboxylic acids is 1. The maximum absolute atomic E-state index is 13.0. The molecule has 0 aliphatic heterocycles. The minimum Gasteiger partial charge on any atom is -0.477 e. The van der Waals surface area contributed by atoms with Crippen LogP contribution in [0.25, 0.3) is 0 Å². The molecular weight excluding hydrogens is 1170 g/mol. The largest absolute Gasteiger partial charge is 0.477 e. The Morgan fingerprint density at radius 1 is 0.326 bits per heavy atom. The van der Waals surface area contributed by atoms with Gasteiger partial charge in [-0.3, -0.25) is 9.59 Å². The van der Waals surface area contributed by atoms with E-state index in [-0.39, 0.29) is 38.6 Å². The van der Waals surface area contributed by atoms with Crippen LogP contribution in [0.4, 0.5) is 0 Å². The van der Waals surface area contributed by atoms with Crippen molar-refractivity contribution in [2.45, 2.75) is 309 Å². The molecule has 0 spiro atoms. The molecule has 2 unspecified atom stereocenters. The second-order valence-electron chi connectivity index (χ2n) is 26.2. The zero-order chi connectivity index (χ0) is 69.0. The van der Waals surface area contributed by atoms with Crippen molar-refractivity contribution in [2.75, 3.05) is 47.5 Å². The summed E-state index contributed by atoms with van der Waals surface area (Å²) in [6.07, 6.45) is 109. The number of likely N-dealkylation sites (N-methyl/N-ethyl adjacent to an activating group) is 1.